The number of aryl methyl sites for hydroxylation is 2. The van der Waals surface area contributed by atoms with Gasteiger partial charge in [0, 0.05) is 38.3 Å². The summed E-state index contributed by atoms with van der Waals surface area (Å²) in [5.41, 5.74) is 1.94. The molecule has 0 radical (unpaired) electrons. The summed E-state index contributed by atoms with van der Waals surface area (Å²) in [6.07, 6.45) is 15.4. The molecule has 4 N–H and O–H groups in total. The molecule has 2 aromatic heterocycles. The van der Waals surface area contributed by atoms with E-state index in [4.69, 9.17) is 27.9 Å². The average Bonchev–Trinajstić information content (AvgIpc) is 3.99. The maximum atomic E-state index is 13.3. The second-order valence-corrected chi connectivity index (χ2v) is 17.0. The van der Waals surface area contributed by atoms with Gasteiger partial charge in [-0.15, -0.1) is 5.10 Å². The third-order valence-electron chi connectivity index (χ3n) is 11.7. The van der Waals surface area contributed by atoms with E-state index in [2.05, 4.69) is 41.4 Å². The van der Waals surface area contributed by atoms with E-state index >= 15 is 0 Å². The molecular formula is C44H52Cl2N10O7. The average molecular weight is 904 g/mol. The Labute approximate surface area is 374 Å². The summed E-state index contributed by atoms with van der Waals surface area (Å²) < 4.78 is 7.87. The predicted molar refractivity (Wildman–Crippen MR) is 234 cm³/mol. The fourth-order valence-corrected chi connectivity index (χ4v) is 8.83. The normalized spacial score (nSPS) is 16.9. The Morgan fingerprint density at radius 3 is 2.32 bits per heavy atom. The molecule has 0 spiro atoms. The highest BCUT2D eigenvalue weighted by Crippen LogP contribution is 2.34. The number of nitrogens with one attached hydrogen (secondary N) is 4. The van der Waals surface area contributed by atoms with Gasteiger partial charge in [0.15, 0.2) is 0 Å². The van der Waals surface area contributed by atoms with Gasteiger partial charge in [-0.1, -0.05) is 72.7 Å². The first kappa shape index (κ1) is 45.4. The molecule has 4 aromatic rings. The zero-order chi connectivity index (χ0) is 44.3. The fourth-order valence-electron chi connectivity index (χ4n) is 8.26. The molecule has 19 heteroatoms. The van der Waals surface area contributed by atoms with Crippen LogP contribution in [0.3, 0.4) is 0 Å². The van der Waals surface area contributed by atoms with Crippen LogP contribution in [0.4, 0.5) is 5.69 Å². The summed E-state index contributed by atoms with van der Waals surface area (Å²) in [5.74, 6) is -2.70. The van der Waals surface area contributed by atoms with Crippen molar-refractivity contribution in [3.05, 3.63) is 86.9 Å². The number of aromatic nitrogens is 5. The molecule has 1 atom stereocenters. The number of amides is 6. The number of hydrogen-bond acceptors (Lipinski definition) is 11. The highest BCUT2D eigenvalue weighted by molar-refractivity contribution is 6.40. The number of unbranched alkanes of at least 4 members (excludes halogenated alkanes) is 7. The van der Waals surface area contributed by atoms with E-state index in [0.717, 1.165) is 114 Å². The molecule has 3 aliphatic heterocycles. The van der Waals surface area contributed by atoms with Crippen molar-refractivity contribution >= 4 is 64.3 Å². The van der Waals surface area contributed by atoms with Crippen molar-refractivity contribution in [3.63, 3.8) is 0 Å². The Bertz CT molecular complexity index is 2290. The number of carbonyl (C=O) groups is 6. The molecule has 334 valence electrons. The van der Waals surface area contributed by atoms with Crippen LogP contribution in [0.15, 0.2) is 48.8 Å². The minimum absolute atomic E-state index is 0.0230. The summed E-state index contributed by atoms with van der Waals surface area (Å²) in [4.78, 5) is 79.6. The lowest BCUT2D eigenvalue weighted by atomic mass is 10.0. The minimum atomic E-state index is -1.01. The summed E-state index contributed by atoms with van der Waals surface area (Å²) in [5, 5.41) is 23.7. The molecule has 0 saturated carbocycles. The van der Waals surface area contributed by atoms with E-state index in [0.29, 0.717) is 12.4 Å². The van der Waals surface area contributed by atoms with Crippen molar-refractivity contribution in [1.29, 1.82) is 0 Å². The summed E-state index contributed by atoms with van der Waals surface area (Å²) in [6, 6.07) is 8.70. The summed E-state index contributed by atoms with van der Waals surface area (Å²) >= 11 is 12.3. The van der Waals surface area contributed by atoms with E-state index in [1.54, 1.807) is 36.4 Å². The van der Waals surface area contributed by atoms with Crippen LogP contribution in [0.2, 0.25) is 10.0 Å². The number of rotatable bonds is 21. The molecule has 1 unspecified atom stereocenters. The number of fused-ring (bicyclic) bond motifs is 1. The second-order valence-electron chi connectivity index (χ2n) is 16.2. The van der Waals surface area contributed by atoms with E-state index in [-0.39, 0.29) is 62.9 Å². The lowest BCUT2D eigenvalue weighted by molar-refractivity contribution is -0.136. The van der Waals surface area contributed by atoms with Gasteiger partial charge in [0.25, 0.3) is 23.6 Å². The Kier molecular flexibility index (Phi) is 15.6. The van der Waals surface area contributed by atoms with Crippen molar-refractivity contribution < 1.29 is 33.5 Å². The number of hydrogen-bond donors (Lipinski definition) is 4. The molecule has 2 aromatic carbocycles. The van der Waals surface area contributed by atoms with Crippen molar-refractivity contribution in [2.24, 2.45) is 0 Å². The zero-order valence-electron chi connectivity index (χ0n) is 35.0. The predicted octanol–water partition coefficient (Wildman–Crippen LogP) is 5.99. The van der Waals surface area contributed by atoms with Crippen LogP contribution in [-0.4, -0.2) is 109 Å². The van der Waals surface area contributed by atoms with Crippen LogP contribution >= 0.6 is 23.2 Å². The SMILES string of the molecule is O=C1CCC(N2C(=O)c3cccc(OCCCCCCCn4cc(CCCCCCN5CCC(NC(=O)c6[nH]ncc6NC(=O)c6c(Cl)cccc6Cl)CC5)nn4)c3C2=O)C(=O)N1. The smallest absolute Gasteiger partial charge is 0.271 e. The van der Waals surface area contributed by atoms with Crippen molar-refractivity contribution in [3.8, 4) is 5.75 Å². The quantitative estimate of drug-likeness (QED) is 0.0563. The van der Waals surface area contributed by atoms with Gasteiger partial charge in [0.2, 0.25) is 11.8 Å². The number of imide groups is 2. The van der Waals surface area contributed by atoms with Crippen molar-refractivity contribution in [2.45, 2.75) is 109 Å². The van der Waals surface area contributed by atoms with Crippen molar-refractivity contribution in [1.82, 2.24) is 45.6 Å². The van der Waals surface area contributed by atoms with E-state index in [9.17, 15) is 28.8 Å². The van der Waals surface area contributed by atoms with Crippen LogP contribution in [0, 0.1) is 0 Å². The van der Waals surface area contributed by atoms with Gasteiger partial charge < -0.3 is 20.3 Å². The number of ether oxygens (including phenoxy) is 1. The first-order chi connectivity index (χ1) is 30.6. The van der Waals surface area contributed by atoms with Crippen LogP contribution < -0.4 is 20.7 Å². The largest absolute Gasteiger partial charge is 0.493 e. The molecule has 6 amide bonds. The van der Waals surface area contributed by atoms with E-state index in [1.807, 2.05) is 10.9 Å². The Morgan fingerprint density at radius 1 is 0.825 bits per heavy atom. The molecule has 7 rings (SSSR count). The second kappa shape index (κ2) is 21.6. The minimum Gasteiger partial charge on any atom is -0.493 e. The van der Waals surface area contributed by atoms with Gasteiger partial charge in [-0.2, -0.15) is 5.10 Å². The molecule has 2 saturated heterocycles. The van der Waals surface area contributed by atoms with Crippen LogP contribution in [-0.2, 0) is 22.6 Å². The number of benzene rings is 2. The standard InChI is InChI=1S/C44H52Cl2N10O7/c45-31-14-11-15-32(46)38(31)41(59)49-33-26-47-52-39(33)42(60)48-28-19-23-54(24-20-28)21-7-4-2-6-12-29-27-55(53-51-29)22-8-3-1-5-9-25-63-35-16-10-13-30-37(35)44(62)56(43(30)61)34-17-18-36(57)50-40(34)58/h10-11,13-16,26-28,34H,1-9,12,17-25H2,(H,47,52)(H,48,60)(H,49,59)(H,50,57,58). The molecule has 3 aliphatic rings. The van der Waals surface area contributed by atoms with Gasteiger partial charge in [0.05, 0.1) is 50.9 Å². The number of carbonyl (C=O) groups excluding carboxylic acids is 6. The first-order valence-electron chi connectivity index (χ1n) is 21.8. The van der Waals surface area contributed by atoms with Gasteiger partial charge in [-0.05, 0) is 82.2 Å². The van der Waals surface area contributed by atoms with Gasteiger partial charge in [-0.25, -0.2) is 0 Å². The first-order valence-corrected chi connectivity index (χ1v) is 22.5. The number of H-pyrrole nitrogens is 1. The van der Waals surface area contributed by atoms with Crippen LogP contribution in [0.5, 0.6) is 5.75 Å². The molecule has 63 heavy (non-hydrogen) atoms. The number of piperidine rings is 2. The third-order valence-corrected chi connectivity index (χ3v) is 12.3. The van der Waals surface area contributed by atoms with Crippen LogP contribution in [0.25, 0.3) is 0 Å². The molecule has 17 nitrogen and oxygen atoms in total. The fraction of sp³-hybridized carbons (Fsp3) is 0.477. The lowest BCUT2D eigenvalue weighted by Gasteiger charge is -2.32. The number of halogens is 2. The number of nitrogens with zero attached hydrogens (tertiary/aromatic N) is 6. The summed E-state index contributed by atoms with van der Waals surface area (Å²) in [7, 11) is 0. The maximum Gasteiger partial charge on any atom is 0.271 e. The highest BCUT2D eigenvalue weighted by Gasteiger charge is 2.46. The van der Waals surface area contributed by atoms with Crippen molar-refractivity contribution in [2.75, 3.05) is 31.6 Å². The molecule has 0 aliphatic carbocycles. The zero-order valence-corrected chi connectivity index (χ0v) is 36.5. The Hall–Kier alpha value is -5.65. The number of likely N-dealkylation sites (tertiary alicyclic amines) is 1. The molecule has 2 fully saturated rings. The number of anilines is 1. The van der Waals surface area contributed by atoms with Crippen LogP contribution in [0.1, 0.15) is 131 Å². The lowest BCUT2D eigenvalue weighted by Crippen LogP contribution is -2.54. The monoisotopic (exact) mass is 902 g/mol. The van der Waals surface area contributed by atoms with Gasteiger partial charge in [-0.3, -0.25) is 48.8 Å². The Morgan fingerprint density at radius 2 is 1.54 bits per heavy atom. The van der Waals surface area contributed by atoms with Gasteiger partial charge in [0.1, 0.15) is 17.5 Å². The third kappa shape index (κ3) is 11.5. The molecule has 5 heterocycles. The van der Waals surface area contributed by atoms with E-state index in [1.165, 1.54) is 6.20 Å². The summed E-state index contributed by atoms with van der Waals surface area (Å²) in [6.45, 7) is 4.03. The topological polar surface area (TPSA) is 214 Å². The molecule has 0 bridgehead atoms. The van der Waals surface area contributed by atoms with Gasteiger partial charge >= 0.3 is 0 Å². The maximum absolute atomic E-state index is 13.3. The highest BCUT2D eigenvalue weighted by atomic mass is 35.5. The number of aromatic amines is 1. The Balaban J connectivity index is 0.704. The molecular weight excluding hydrogens is 851 g/mol. The van der Waals surface area contributed by atoms with E-state index < -0.39 is 35.6 Å².